The topological polar surface area (TPSA) is 55.5 Å². The minimum absolute atomic E-state index is 0.127. The molecule has 1 aromatic carbocycles. The molecule has 0 amide bonds. The van der Waals surface area contributed by atoms with Crippen LogP contribution >= 0.6 is 0 Å². The molecule has 3 rings (SSSR count). The fourth-order valence-corrected chi connectivity index (χ4v) is 2.93. The molecule has 118 valence electrons. The quantitative estimate of drug-likeness (QED) is 0.933. The van der Waals surface area contributed by atoms with E-state index in [0.29, 0.717) is 12.5 Å². The number of hydrogen-bond donors (Lipinski definition) is 1. The predicted octanol–water partition coefficient (Wildman–Crippen LogP) is 3.78. The molecule has 22 heavy (non-hydrogen) atoms. The van der Waals surface area contributed by atoms with E-state index < -0.39 is 0 Å². The summed E-state index contributed by atoms with van der Waals surface area (Å²) in [5.74, 6) is 1.44. The Kier molecular flexibility index (Phi) is 4.60. The first-order valence-corrected chi connectivity index (χ1v) is 7.95. The lowest BCUT2D eigenvalue weighted by Gasteiger charge is -2.25. The van der Waals surface area contributed by atoms with Gasteiger partial charge in [0.25, 0.3) is 0 Å². The van der Waals surface area contributed by atoms with Crippen LogP contribution in [0, 0.1) is 13.8 Å². The average Bonchev–Trinajstić information content (AvgIpc) is 2.86. The Morgan fingerprint density at radius 1 is 1.32 bits per heavy atom. The molecule has 1 saturated carbocycles. The van der Waals surface area contributed by atoms with Gasteiger partial charge in [-0.2, -0.15) is 0 Å². The van der Waals surface area contributed by atoms with Crippen molar-refractivity contribution in [3.05, 3.63) is 41.3 Å². The second-order valence-corrected chi connectivity index (χ2v) is 6.14. The monoisotopic (exact) mass is 301 g/mol. The molecule has 1 N–H and O–H groups in total. The molecule has 2 atom stereocenters. The standard InChI is InChI=1S/C18H23NO3/c1-12-5-3-6-14(9-12)18-19-17(13(2)22-18)11-21-16-8-4-7-15(20)10-16/h3,5-6,9,15-16,20H,4,7-8,10-11H2,1-2H3/t15-,16?/m1/s1. The minimum atomic E-state index is -0.222. The first-order chi connectivity index (χ1) is 10.6. The summed E-state index contributed by atoms with van der Waals surface area (Å²) < 4.78 is 11.7. The second kappa shape index (κ2) is 6.63. The summed E-state index contributed by atoms with van der Waals surface area (Å²) in [7, 11) is 0. The van der Waals surface area contributed by atoms with E-state index in [1.807, 2.05) is 19.1 Å². The fraction of sp³-hybridized carbons (Fsp3) is 0.500. The number of hydrogen-bond acceptors (Lipinski definition) is 4. The summed E-state index contributed by atoms with van der Waals surface area (Å²) in [6, 6.07) is 8.12. The zero-order valence-electron chi connectivity index (χ0n) is 13.2. The third-order valence-electron chi connectivity index (χ3n) is 4.21. The van der Waals surface area contributed by atoms with Crippen LogP contribution < -0.4 is 0 Å². The molecule has 1 aliphatic carbocycles. The van der Waals surface area contributed by atoms with Crippen LogP contribution in [0.3, 0.4) is 0 Å². The molecule has 1 aliphatic rings. The molecule has 1 aromatic heterocycles. The van der Waals surface area contributed by atoms with Gasteiger partial charge in [0.1, 0.15) is 11.5 Å². The van der Waals surface area contributed by atoms with Gasteiger partial charge in [-0.3, -0.25) is 0 Å². The largest absolute Gasteiger partial charge is 0.441 e. The number of oxazole rings is 1. The molecule has 1 fully saturated rings. The molecular weight excluding hydrogens is 278 g/mol. The number of aliphatic hydroxyl groups is 1. The number of aromatic nitrogens is 1. The number of ether oxygens (including phenoxy) is 1. The highest BCUT2D eigenvalue weighted by Gasteiger charge is 2.21. The Morgan fingerprint density at radius 3 is 2.95 bits per heavy atom. The predicted molar refractivity (Wildman–Crippen MR) is 84.5 cm³/mol. The van der Waals surface area contributed by atoms with Gasteiger partial charge in [-0.25, -0.2) is 4.98 Å². The van der Waals surface area contributed by atoms with Crippen molar-refractivity contribution in [2.75, 3.05) is 0 Å². The van der Waals surface area contributed by atoms with E-state index in [2.05, 4.69) is 24.0 Å². The smallest absolute Gasteiger partial charge is 0.226 e. The normalized spacial score (nSPS) is 22.0. The van der Waals surface area contributed by atoms with Crippen molar-refractivity contribution in [1.29, 1.82) is 0 Å². The number of aliphatic hydroxyl groups excluding tert-OH is 1. The van der Waals surface area contributed by atoms with Crippen molar-refractivity contribution in [3.63, 3.8) is 0 Å². The van der Waals surface area contributed by atoms with Crippen LogP contribution in [0.25, 0.3) is 11.5 Å². The summed E-state index contributed by atoms with van der Waals surface area (Å²) >= 11 is 0. The molecule has 0 aliphatic heterocycles. The molecule has 4 nitrogen and oxygen atoms in total. The number of benzene rings is 1. The van der Waals surface area contributed by atoms with Gasteiger partial charge < -0.3 is 14.3 Å². The fourth-order valence-electron chi connectivity index (χ4n) is 2.93. The van der Waals surface area contributed by atoms with Crippen molar-refractivity contribution < 1.29 is 14.3 Å². The van der Waals surface area contributed by atoms with Crippen molar-refractivity contribution >= 4 is 0 Å². The zero-order chi connectivity index (χ0) is 15.5. The summed E-state index contributed by atoms with van der Waals surface area (Å²) in [5, 5.41) is 9.70. The number of aryl methyl sites for hydroxylation is 2. The van der Waals surface area contributed by atoms with E-state index in [0.717, 1.165) is 42.7 Å². The molecule has 0 saturated heterocycles. The molecular formula is C18H23NO3. The highest BCUT2D eigenvalue weighted by Crippen LogP contribution is 2.25. The number of nitrogens with zero attached hydrogens (tertiary/aromatic N) is 1. The van der Waals surface area contributed by atoms with Crippen LogP contribution in [0.1, 0.15) is 42.7 Å². The lowest BCUT2D eigenvalue weighted by molar-refractivity contribution is -0.0240. The van der Waals surface area contributed by atoms with Gasteiger partial charge in [-0.05, 0) is 51.7 Å². The van der Waals surface area contributed by atoms with E-state index in [1.165, 1.54) is 5.56 Å². The maximum Gasteiger partial charge on any atom is 0.226 e. The van der Waals surface area contributed by atoms with Gasteiger partial charge in [-0.1, -0.05) is 17.7 Å². The average molecular weight is 301 g/mol. The zero-order valence-corrected chi connectivity index (χ0v) is 13.2. The first-order valence-electron chi connectivity index (χ1n) is 7.95. The van der Waals surface area contributed by atoms with Crippen LogP contribution in [0.2, 0.25) is 0 Å². The third kappa shape index (κ3) is 3.57. The van der Waals surface area contributed by atoms with Crippen LogP contribution in [0.5, 0.6) is 0 Å². The lowest BCUT2D eigenvalue weighted by Crippen LogP contribution is -2.25. The summed E-state index contributed by atoms with van der Waals surface area (Å²) in [5.41, 5.74) is 3.02. The van der Waals surface area contributed by atoms with E-state index in [4.69, 9.17) is 9.15 Å². The second-order valence-electron chi connectivity index (χ2n) is 6.14. The van der Waals surface area contributed by atoms with E-state index in [9.17, 15) is 5.11 Å². The molecule has 2 aromatic rings. The SMILES string of the molecule is Cc1cccc(-c2nc(COC3CCC[C@@H](O)C3)c(C)o2)c1. The van der Waals surface area contributed by atoms with Crippen LogP contribution in [-0.2, 0) is 11.3 Å². The van der Waals surface area contributed by atoms with Gasteiger partial charge >= 0.3 is 0 Å². The summed E-state index contributed by atoms with van der Waals surface area (Å²) in [4.78, 5) is 4.57. The highest BCUT2D eigenvalue weighted by atomic mass is 16.5. The molecule has 0 spiro atoms. The summed E-state index contributed by atoms with van der Waals surface area (Å²) in [6.45, 7) is 4.41. The molecule has 4 heteroatoms. The first kappa shape index (κ1) is 15.3. The molecule has 1 heterocycles. The molecule has 0 radical (unpaired) electrons. The Morgan fingerprint density at radius 2 is 2.18 bits per heavy atom. The van der Waals surface area contributed by atoms with Gasteiger partial charge in [0.05, 0.1) is 18.8 Å². The van der Waals surface area contributed by atoms with Crippen molar-refractivity contribution in [2.24, 2.45) is 0 Å². The molecule has 1 unspecified atom stereocenters. The van der Waals surface area contributed by atoms with E-state index in [-0.39, 0.29) is 12.2 Å². The van der Waals surface area contributed by atoms with Crippen molar-refractivity contribution in [3.8, 4) is 11.5 Å². The van der Waals surface area contributed by atoms with Gasteiger partial charge in [0.15, 0.2) is 0 Å². The number of rotatable bonds is 4. The van der Waals surface area contributed by atoms with Crippen LogP contribution in [0.15, 0.2) is 28.7 Å². The highest BCUT2D eigenvalue weighted by molar-refractivity contribution is 5.54. The van der Waals surface area contributed by atoms with Crippen molar-refractivity contribution in [1.82, 2.24) is 4.98 Å². The Bertz CT molecular complexity index is 635. The third-order valence-corrected chi connectivity index (χ3v) is 4.21. The Hall–Kier alpha value is -1.65. The lowest BCUT2D eigenvalue weighted by atomic mass is 9.95. The maximum atomic E-state index is 9.70. The van der Waals surface area contributed by atoms with Crippen molar-refractivity contribution in [2.45, 2.75) is 58.3 Å². The Labute approximate surface area is 131 Å². The van der Waals surface area contributed by atoms with E-state index in [1.54, 1.807) is 0 Å². The minimum Gasteiger partial charge on any atom is -0.441 e. The van der Waals surface area contributed by atoms with Gasteiger partial charge in [0.2, 0.25) is 5.89 Å². The summed E-state index contributed by atoms with van der Waals surface area (Å²) in [6.07, 6.45) is 3.56. The Balaban J connectivity index is 1.67. The van der Waals surface area contributed by atoms with Crippen LogP contribution in [0.4, 0.5) is 0 Å². The molecule has 0 bridgehead atoms. The van der Waals surface area contributed by atoms with Gasteiger partial charge in [-0.15, -0.1) is 0 Å². The van der Waals surface area contributed by atoms with Gasteiger partial charge in [0, 0.05) is 5.56 Å². The maximum absolute atomic E-state index is 9.70. The van der Waals surface area contributed by atoms with Crippen LogP contribution in [-0.4, -0.2) is 22.3 Å². The van der Waals surface area contributed by atoms with E-state index >= 15 is 0 Å².